The van der Waals surface area contributed by atoms with E-state index >= 15 is 0 Å². The number of hydrogen-bond donors (Lipinski definition) is 0. The van der Waals surface area contributed by atoms with Gasteiger partial charge in [-0.1, -0.05) is 135 Å². The van der Waals surface area contributed by atoms with Gasteiger partial charge in [0.05, 0.1) is 17.0 Å². The Labute approximate surface area is 330 Å². The molecule has 0 aliphatic heterocycles. The largest absolute Gasteiger partial charge is 0.208 e. The Morgan fingerprint density at radius 2 is 0.982 bits per heavy atom. The van der Waals surface area contributed by atoms with Gasteiger partial charge in [0.15, 0.2) is 17.5 Å². The predicted octanol–water partition coefficient (Wildman–Crippen LogP) is 12.2. The molecule has 0 saturated heterocycles. The minimum absolute atomic E-state index is 0.203. The quantitative estimate of drug-likeness (QED) is 0.171. The highest BCUT2D eigenvalue weighted by atomic mass is 15.0. The highest BCUT2D eigenvalue weighted by molar-refractivity contribution is 5.88. The van der Waals surface area contributed by atoms with Gasteiger partial charge in [-0.05, 0) is 125 Å². The van der Waals surface area contributed by atoms with Crippen LogP contribution in [0.3, 0.4) is 0 Å². The average Bonchev–Trinajstić information content (AvgIpc) is 3.54. The first-order valence-electron chi connectivity index (χ1n) is 20.2. The fourth-order valence-corrected chi connectivity index (χ4v) is 11.1. The lowest BCUT2D eigenvalue weighted by Gasteiger charge is -2.50. The number of rotatable bonds is 6. The molecule has 2 saturated carbocycles. The van der Waals surface area contributed by atoms with E-state index in [0.29, 0.717) is 23.0 Å². The van der Waals surface area contributed by atoms with Crippen LogP contribution in [0.4, 0.5) is 0 Å². The van der Waals surface area contributed by atoms with Gasteiger partial charge in [-0.2, -0.15) is 5.26 Å². The Kier molecular flexibility index (Phi) is 8.29. The summed E-state index contributed by atoms with van der Waals surface area (Å²) in [5.74, 6) is 4.07. The number of benzene rings is 6. The smallest absolute Gasteiger partial charge is 0.164 e. The molecule has 0 radical (unpaired) electrons. The van der Waals surface area contributed by atoms with Crippen molar-refractivity contribution in [3.8, 4) is 51.4 Å². The number of nitriles is 1. The SMILES string of the molecule is C[C@@H]1C[C@@H]2C[C@H](C)CC(c3ccc4c(c3)C(c3ccccc3)(c3ccccc3)c3cc(-c5nc(-c6ccccc6)nc(-c6ccc(C#N)cc6)n5)ccc3-4)(C1)C2. The molecular formula is C52H44N4. The topological polar surface area (TPSA) is 62.5 Å². The summed E-state index contributed by atoms with van der Waals surface area (Å²) >= 11 is 0. The van der Waals surface area contributed by atoms with Crippen LogP contribution in [-0.4, -0.2) is 15.0 Å². The summed E-state index contributed by atoms with van der Waals surface area (Å²) in [6, 6.07) is 56.4. The summed E-state index contributed by atoms with van der Waals surface area (Å²) in [5.41, 5.74) is 12.1. The molecule has 0 spiro atoms. The van der Waals surface area contributed by atoms with Crippen molar-refractivity contribution in [1.82, 2.24) is 15.0 Å². The number of fused-ring (bicyclic) bond motifs is 5. The Morgan fingerprint density at radius 3 is 1.55 bits per heavy atom. The van der Waals surface area contributed by atoms with Crippen LogP contribution in [0.15, 0.2) is 152 Å². The van der Waals surface area contributed by atoms with Crippen molar-refractivity contribution in [3.63, 3.8) is 0 Å². The third kappa shape index (κ3) is 5.60. The molecule has 0 N–H and O–H groups in total. The molecule has 1 unspecified atom stereocenters. The van der Waals surface area contributed by atoms with Gasteiger partial charge in [0, 0.05) is 16.7 Å². The minimum atomic E-state index is -0.555. The van der Waals surface area contributed by atoms with Gasteiger partial charge in [-0.15, -0.1) is 0 Å². The van der Waals surface area contributed by atoms with Gasteiger partial charge in [0.2, 0.25) is 0 Å². The summed E-state index contributed by atoms with van der Waals surface area (Å²) in [4.78, 5) is 15.3. The van der Waals surface area contributed by atoms with Crippen LogP contribution in [0, 0.1) is 29.1 Å². The van der Waals surface area contributed by atoms with Crippen molar-refractivity contribution in [2.75, 3.05) is 0 Å². The molecule has 4 atom stereocenters. The number of nitrogens with zero attached hydrogens (tertiary/aromatic N) is 4. The molecule has 1 aromatic heterocycles. The monoisotopic (exact) mass is 724 g/mol. The molecule has 2 bridgehead atoms. The first-order chi connectivity index (χ1) is 27.4. The zero-order chi connectivity index (χ0) is 37.9. The third-order valence-corrected chi connectivity index (χ3v) is 13.0. The third-order valence-electron chi connectivity index (χ3n) is 13.0. The molecule has 6 aromatic carbocycles. The zero-order valence-electron chi connectivity index (χ0n) is 32.0. The Hall–Kier alpha value is -6.18. The molecule has 2 fully saturated rings. The van der Waals surface area contributed by atoms with Crippen molar-refractivity contribution in [1.29, 1.82) is 5.26 Å². The van der Waals surface area contributed by atoms with E-state index in [0.717, 1.165) is 34.4 Å². The maximum atomic E-state index is 9.48. The molecule has 272 valence electrons. The van der Waals surface area contributed by atoms with Crippen LogP contribution >= 0.6 is 0 Å². The van der Waals surface area contributed by atoms with E-state index in [-0.39, 0.29) is 5.41 Å². The molecule has 3 aliphatic rings. The van der Waals surface area contributed by atoms with Crippen LogP contribution in [0.1, 0.15) is 79.3 Å². The summed E-state index contributed by atoms with van der Waals surface area (Å²) in [5, 5.41) is 9.48. The van der Waals surface area contributed by atoms with Gasteiger partial charge in [0.1, 0.15) is 0 Å². The van der Waals surface area contributed by atoms with E-state index in [2.05, 4.69) is 117 Å². The Morgan fingerprint density at radius 1 is 0.500 bits per heavy atom. The second-order valence-electron chi connectivity index (χ2n) is 16.8. The molecule has 1 heterocycles. The van der Waals surface area contributed by atoms with Crippen molar-refractivity contribution in [3.05, 3.63) is 185 Å². The van der Waals surface area contributed by atoms with Gasteiger partial charge in [-0.3, -0.25) is 0 Å². The van der Waals surface area contributed by atoms with Crippen molar-refractivity contribution < 1.29 is 0 Å². The van der Waals surface area contributed by atoms with E-state index in [9.17, 15) is 5.26 Å². The second kappa shape index (κ2) is 13.5. The standard InChI is InChI=1S/C52H44N4/c1-34-26-37-27-35(2)31-51(30-34,32-37)43-23-25-45-44-24-22-40(28-46(44)52(47(45)29-43,41-14-8-4-9-15-41)42-16-10-5-11-17-42)50-55-48(38-12-6-3-7-13-38)54-49(56-50)39-20-18-36(33-53)19-21-39/h3-25,28-29,34-35,37H,26-27,30-32H2,1-2H3/t34-,35+,37-,51?. The Bertz CT molecular complexity index is 2550. The summed E-state index contributed by atoms with van der Waals surface area (Å²) in [7, 11) is 0. The number of hydrogen-bond acceptors (Lipinski definition) is 4. The molecule has 7 aromatic rings. The van der Waals surface area contributed by atoms with Gasteiger partial charge >= 0.3 is 0 Å². The van der Waals surface area contributed by atoms with E-state index in [1.54, 1.807) is 0 Å². The highest BCUT2D eigenvalue weighted by Gasteiger charge is 2.49. The molecule has 3 aliphatic carbocycles. The number of aromatic nitrogens is 3. The van der Waals surface area contributed by atoms with Crippen molar-refractivity contribution >= 4 is 0 Å². The lowest BCUT2D eigenvalue weighted by Crippen LogP contribution is -2.42. The summed E-state index contributed by atoms with van der Waals surface area (Å²) in [6.45, 7) is 4.97. The highest BCUT2D eigenvalue weighted by Crippen LogP contribution is 2.60. The molecular weight excluding hydrogens is 681 g/mol. The lowest BCUT2D eigenvalue weighted by molar-refractivity contribution is 0.0780. The van der Waals surface area contributed by atoms with E-state index < -0.39 is 5.41 Å². The Balaban J connectivity index is 1.21. The van der Waals surface area contributed by atoms with Crippen LogP contribution < -0.4 is 0 Å². The average molecular weight is 725 g/mol. The first-order valence-corrected chi connectivity index (χ1v) is 20.2. The minimum Gasteiger partial charge on any atom is -0.208 e. The maximum Gasteiger partial charge on any atom is 0.164 e. The zero-order valence-corrected chi connectivity index (χ0v) is 32.0. The van der Waals surface area contributed by atoms with Crippen molar-refractivity contribution in [2.45, 2.75) is 56.8 Å². The fraction of sp³-hybridized carbons (Fsp3) is 0.231. The fourth-order valence-electron chi connectivity index (χ4n) is 11.1. The predicted molar refractivity (Wildman–Crippen MR) is 225 cm³/mol. The van der Waals surface area contributed by atoms with Crippen LogP contribution in [0.5, 0.6) is 0 Å². The lowest BCUT2D eigenvalue weighted by atomic mass is 9.54. The normalized spacial score (nSPS) is 21.8. The molecule has 10 rings (SSSR count). The van der Waals surface area contributed by atoms with Gasteiger partial charge < -0.3 is 0 Å². The van der Waals surface area contributed by atoms with E-state index in [1.807, 2.05) is 54.6 Å². The first kappa shape index (κ1) is 34.3. The van der Waals surface area contributed by atoms with Crippen LogP contribution in [-0.2, 0) is 10.8 Å². The maximum absolute atomic E-state index is 9.48. The molecule has 56 heavy (non-hydrogen) atoms. The van der Waals surface area contributed by atoms with Crippen LogP contribution in [0.25, 0.3) is 45.3 Å². The molecule has 4 nitrogen and oxygen atoms in total. The molecule has 4 heteroatoms. The van der Waals surface area contributed by atoms with Gasteiger partial charge in [-0.25, -0.2) is 15.0 Å². The van der Waals surface area contributed by atoms with Crippen LogP contribution in [0.2, 0.25) is 0 Å². The second-order valence-corrected chi connectivity index (χ2v) is 16.8. The van der Waals surface area contributed by atoms with E-state index in [4.69, 9.17) is 15.0 Å². The molecule has 0 amide bonds. The summed E-state index contributed by atoms with van der Waals surface area (Å²) < 4.78 is 0. The van der Waals surface area contributed by atoms with Gasteiger partial charge in [0.25, 0.3) is 0 Å². The van der Waals surface area contributed by atoms with Crippen molar-refractivity contribution in [2.24, 2.45) is 17.8 Å². The summed E-state index contributed by atoms with van der Waals surface area (Å²) in [6.07, 6.45) is 6.54. The van der Waals surface area contributed by atoms with E-state index in [1.165, 1.54) is 71.0 Å².